The molecule has 138 valence electrons. The zero-order valence-electron chi connectivity index (χ0n) is 16.0. The van der Waals surface area contributed by atoms with Crippen LogP contribution in [-0.2, 0) is 9.53 Å². The molecule has 1 aliphatic heterocycles. The van der Waals surface area contributed by atoms with Gasteiger partial charge in [0.2, 0.25) is 5.91 Å². The average Bonchev–Trinajstić information content (AvgIpc) is 3.34. The lowest BCUT2D eigenvalue weighted by Crippen LogP contribution is -2.59. The van der Waals surface area contributed by atoms with Gasteiger partial charge in [0.15, 0.2) is 0 Å². The van der Waals surface area contributed by atoms with Crippen molar-refractivity contribution in [1.82, 2.24) is 4.90 Å². The van der Waals surface area contributed by atoms with Gasteiger partial charge in [-0.25, -0.2) is 0 Å². The van der Waals surface area contributed by atoms with Gasteiger partial charge >= 0.3 is 0 Å². The quantitative estimate of drug-likeness (QED) is 0.753. The lowest BCUT2D eigenvalue weighted by atomic mass is 9.48. The molecule has 0 radical (unpaired) electrons. The van der Waals surface area contributed by atoms with Crippen LogP contribution in [0.15, 0.2) is 12.2 Å². The summed E-state index contributed by atoms with van der Waals surface area (Å²) in [6.45, 7) is 4.97. The maximum Gasteiger partial charge on any atom is 0.246 e. The van der Waals surface area contributed by atoms with Crippen molar-refractivity contribution in [2.24, 2.45) is 28.6 Å². The van der Waals surface area contributed by atoms with Crippen LogP contribution in [0.2, 0.25) is 0 Å². The fourth-order valence-electron chi connectivity index (χ4n) is 7.35. The van der Waals surface area contributed by atoms with Crippen molar-refractivity contribution in [1.29, 1.82) is 0 Å². The largest absolute Gasteiger partial charge is 0.374 e. The molecule has 0 bridgehead atoms. The number of rotatable bonds is 2. The second-order valence-corrected chi connectivity index (χ2v) is 10.1. The van der Waals surface area contributed by atoms with E-state index in [9.17, 15) is 4.79 Å². The first-order valence-electron chi connectivity index (χ1n) is 10.5. The molecule has 0 saturated heterocycles. The maximum absolute atomic E-state index is 12.2. The Hall–Kier alpha value is -0.830. The molecule has 5 aliphatic rings. The summed E-state index contributed by atoms with van der Waals surface area (Å²) in [7, 11) is 2.01. The van der Waals surface area contributed by atoms with Gasteiger partial charge in [-0.05, 0) is 80.6 Å². The molecule has 0 spiro atoms. The molecule has 1 amide bonds. The van der Waals surface area contributed by atoms with Crippen LogP contribution < -0.4 is 0 Å². The molecule has 7 atom stereocenters. The predicted molar refractivity (Wildman–Crippen MR) is 98.0 cm³/mol. The van der Waals surface area contributed by atoms with Gasteiger partial charge in [0.25, 0.3) is 0 Å². The SMILES string of the molecule is CN1C(=O)C=C[C@]2(C)[C@H]3CC[C@]4(C)[C@@H](OC5CC5)CC[C@H]4[C@@H]3CC[C@@H]12. The standard InChI is InChI=1S/C22H33NO2/c1-21-13-11-20(24)23(3)18(21)8-6-15-16-7-9-19(25-14-4-5-14)22(16,2)12-10-17(15)21/h11,13-19H,4-10,12H2,1-3H3/t15-,16-,17-,18+,19-,21+,22-/m0/s1. The molecule has 3 heteroatoms. The second-order valence-electron chi connectivity index (χ2n) is 10.1. The van der Waals surface area contributed by atoms with Crippen LogP contribution in [0, 0.1) is 28.6 Å². The zero-order chi connectivity index (χ0) is 17.4. The van der Waals surface area contributed by atoms with E-state index in [1.54, 1.807) is 0 Å². The third kappa shape index (κ3) is 2.23. The Morgan fingerprint density at radius 1 is 1.04 bits per heavy atom. The number of likely N-dealkylation sites (N-methyl/N-ethyl adjacent to an activating group) is 1. The lowest BCUT2D eigenvalue weighted by Gasteiger charge is -2.60. The summed E-state index contributed by atoms with van der Waals surface area (Å²) in [6.07, 6.45) is 15.5. The van der Waals surface area contributed by atoms with Crippen molar-refractivity contribution in [3.63, 3.8) is 0 Å². The Morgan fingerprint density at radius 3 is 2.60 bits per heavy atom. The second kappa shape index (κ2) is 5.34. The number of hydrogen-bond donors (Lipinski definition) is 0. The van der Waals surface area contributed by atoms with Crippen molar-refractivity contribution in [2.75, 3.05) is 7.05 Å². The summed E-state index contributed by atoms with van der Waals surface area (Å²) in [4.78, 5) is 14.2. The van der Waals surface area contributed by atoms with Gasteiger partial charge in [0, 0.05) is 18.5 Å². The van der Waals surface area contributed by atoms with Crippen molar-refractivity contribution in [3.05, 3.63) is 12.2 Å². The van der Waals surface area contributed by atoms with Crippen LogP contribution in [0.4, 0.5) is 0 Å². The van der Waals surface area contributed by atoms with E-state index in [1.807, 2.05) is 18.0 Å². The van der Waals surface area contributed by atoms with Gasteiger partial charge in [-0.3, -0.25) is 4.79 Å². The van der Waals surface area contributed by atoms with Gasteiger partial charge in [0.1, 0.15) is 0 Å². The normalized spacial score (nSPS) is 51.9. The molecule has 0 aromatic rings. The highest BCUT2D eigenvalue weighted by molar-refractivity contribution is 5.89. The first-order valence-corrected chi connectivity index (χ1v) is 10.5. The Labute approximate surface area is 152 Å². The van der Waals surface area contributed by atoms with Gasteiger partial charge < -0.3 is 9.64 Å². The Balaban J connectivity index is 1.43. The first-order chi connectivity index (χ1) is 11.9. The van der Waals surface area contributed by atoms with Crippen molar-refractivity contribution >= 4 is 5.91 Å². The highest BCUT2D eigenvalue weighted by Gasteiger charge is 2.61. The van der Waals surface area contributed by atoms with E-state index in [0.29, 0.717) is 23.7 Å². The molecule has 0 aromatic heterocycles. The number of amides is 1. The van der Waals surface area contributed by atoms with E-state index >= 15 is 0 Å². The molecular weight excluding hydrogens is 310 g/mol. The van der Waals surface area contributed by atoms with Gasteiger partial charge in [0.05, 0.1) is 12.2 Å². The van der Waals surface area contributed by atoms with Gasteiger partial charge in [-0.1, -0.05) is 19.9 Å². The molecule has 25 heavy (non-hydrogen) atoms. The average molecular weight is 344 g/mol. The highest BCUT2D eigenvalue weighted by Crippen LogP contribution is 2.64. The van der Waals surface area contributed by atoms with Crippen molar-refractivity contribution in [3.8, 4) is 0 Å². The number of carbonyl (C=O) groups is 1. The number of hydrogen-bond acceptors (Lipinski definition) is 2. The summed E-state index contributed by atoms with van der Waals surface area (Å²) in [5.41, 5.74) is 0.565. The van der Waals surface area contributed by atoms with E-state index < -0.39 is 0 Å². The van der Waals surface area contributed by atoms with Crippen LogP contribution in [0.1, 0.15) is 65.2 Å². The van der Waals surface area contributed by atoms with Gasteiger partial charge in [-0.15, -0.1) is 0 Å². The van der Waals surface area contributed by atoms with Crippen molar-refractivity contribution in [2.45, 2.75) is 83.5 Å². The summed E-state index contributed by atoms with van der Waals surface area (Å²) in [5.74, 6) is 2.57. The minimum Gasteiger partial charge on any atom is -0.374 e. The maximum atomic E-state index is 12.2. The van der Waals surface area contributed by atoms with E-state index in [1.165, 1.54) is 51.4 Å². The van der Waals surface area contributed by atoms with E-state index in [4.69, 9.17) is 4.74 Å². The minimum absolute atomic E-state index is 0.169. The highest BCUT2D eigenvalue weighted by atomic mass is 16.5. The van der Waals surface area contributed by atoms with Crippen molar-refractivity contribution < 1.29 is 9.53 Å². The third-order valence-corrected chi connectivity index (χ3v) is 8.92. The van der Waals surface area contributed by atoms with E-state index in [2.05, 4.69) is 19.9 Å². The number of nitrogens with zero attached hydrogens (tertiary/aromatic N) is 1. The zero-order valence-corrected chi connectivity index (χ0v) is 16.0. The monoisotopic (exact) mass is 343 g/mol. The molecule has 4 aliphatic carbocycles. The molecular formula is C22H33NO2. The fourth-order valence-corrected chi connectivity index (χ4v) is 7.35. The smallest absolute Gasteiger partial charge is 0.246 e. The van der Waals surface area contributed by atoms with Crippen LogP contribution in [0.25, 0.3) is 0 Å². The number of carbonyl (C=O) groups excluding carboxylic acids is 1. The molecule has 1 heterocycles. The molecule has 3 nitrogen and oxygen atoms in total. The molecule has 4 saturated carbocycles. The number of fused-ring (bicyclic) bond motifs is 5. The minimum atomic E-state index is 0.169. The van der Waals surface area contributed by atoms with Crippen LogP contribution in [-0.4, -0.2) is 36.1 Å². The van der Waals surface area contributed by atoms with E-state index in [-0.39, 0.29) is 11.3 Å². The Bertz CT molecular complexity index is 611. The summed E-state index contributed by atoms with van der Waals surface area (Å²) >= 11 is 0. The van der Waals surface area contributed by atoms with Crippen LogP contribution in [0.3, 0.4) is 0 Å². The Morgan fingerprint density at radius 2 is 1.84 bits per heavy atom. The molecule has 4 fully saturated rings. The molecule has 5 rings (SSSR count). The molecule has 0 N–H and O–H groups in total. The topological polar surface area (TPSA) is 29.5 Å². The fraction of sp³-hybridized carbons (Fsp3) is 0.864. The molecule has 0 aromatic carbocycles. The lowest BCUT2D eigenvalue weighted by molar-refractivity contribution is -0.142. The third-order valence-electron chi connectivity index (χ3n) is 8.92. The summed E-state index contributed by atoms with van der Waals surface area (Å²) in [6, 6.07) is 0.399. The summed E-state index contributed by atoms with van der Waals surface area (Å²) in [5, 5.41) is 0. The van der Waals surface area contributed by atoms with E-state index in [0.717, 1.165) is 17.8 Å². The Kier molecular flexibility index (Phi) is 3.49. The molecule has 0 unspecified atom stereocenters. The van der Waals surface area contributed by atoms with Crippen LogP contribution >= 0.6 is 0 Å². The number of ether oxygens (including phenoxy) is 1. The first kappa shape index (κ1) is 16.4. The predicted octanol–water partition coefficient (Wildman–Crippen LogP) is 4.17. The van der Waals surface area contributed by atoms with Gasteiger partial charge in [-0.2, -0.15) is 0 Å². The van der Waals surface area contributed by atoms with Crippen LogP contribution in [0.5, 0.6) is 0 Å². The summed E-state index contributed by atoms with van der Waals surface area (Å²) < 4.78 is 6.47.